The molecular weight excluding hydrogens is 250 g/mol. The minimum Gasteiger partial charge on any atom is -0.391 e. The maximum Gasteiger partial charge on any atom is 0.180 e. The summed E-state index contributed by atoms with van der Waals surface area (Å²) in [6.45, 7) is 2.03. The Bertz CT molecular complexity index is 509. The van der Waals surface area contributed by atoms with Gasteiger partial charge in [0.05, 0.1) is 22.4 Å². The molecule has 2 N–H and O–H groups in total. The monoisotopic (exact) mass is 269 g/mol. The van der Waals surface area contributed by atoms with E-state index in [1.807, 2.05) is 0 Å². The standard InChI is InChI=1S/C13H19NO3S/c1-2-18(16,17)13-6-4-3-5-11(13)14-9-12(15)10-7-8-10/h3-6,10,12,14-15H,2,7-9H2,1H3. The first kappa shape index (κ1) is 13.4. The molecule has 1 aliphatic rings. The van der Waals surface area contributed by atoms with Crippen molar-refractivity contribution in [3.63, 3.8) is 0 Å². The topological polar surface area (TPSA) is 66.4 Å². The molecule has 1 saturated carbocycles. The summed E-state index contributed by atoms with van der Waals surface area (Å²) in [6, 6.07) is 6.85. The van der Waals surface area contributed by atoms with Crippen molar-refractivity contribution >= 4 is 15.5 Å². The van der Waals surface area contributed by atoms with Gasteiger partial charge in [0.15, 0.2) is 9.84 Å². The fourth-order valence-electron chi connectivity index (χ4n) is 1.90. The first-order chi connectivity index (χ1) is 8.54. The number of aliphatic hydroxyl groups is 1. The summed E-state index contributed by atoms with van der Waals surface area (Å²) >= 11 is 0. The Morgan fingerprint density at radius 1 is 1.39 bits per heavy atom. The van der Waals surface area contributed by atoms with E-state index in [-0.39, 0.29) is 11.9 Å². The zero-order valence-electron chi connectivity index (χ0n) is 10.5. The van der Waals surface area contributed by atoms with E-state index in [4.69, 9.17) is 0 Å². The van der Waals surface area contributed by atoms with E-state index >= 15 is 0 Å². The molecule has 0 bridgehead atoms. The molecule has 1 unspecified atom stereocenters. The zero-order chi connectivity index (χ0) is 13.2. The van der Waals surface area contributed by atoms with Crippen LogP contribution in [0.1, 0.15) is 19.8 Å². The molecule has 1 aromatic carbocycles. The van der Waals surface area contributed by atoms with Crippen molar-refractivity contribution in [1.29, 1.82) is 0 Å². The molecule has 0 amide bonds. The van der Waals surface area contributed by atoms with Gasteiger partial charge in [0, 0.05) is 6.54 Å². The van der Waals surface area contributed by atoms with Gasteiger partial charge in [-0.15, -0.1) is 0 Å². The summed E-state index contributed by atoms with van der Waals surface area (Å²) in [5.41, 5.74) is 0.582. The van der Waals surface area contributed by atoms with Crippen LogP contribution >= 0.6 is 0 Å². The lowest BCUT2D eigenvalue weighted by atomic mass is 10.2. The van der Waals surface area contributed by atoms with Gasteiger partial charge in [-0.2, -0.15) is 0 Å². The van der Waals surface area contributed by atoms with Crippen LogP contribution in [0.25, 0.3) is 0 Å². The minimum absolute atomic E-state index is 0.0802. The first-order valence-corrected chi connectivity index (χ1v) is 7.93. The molecule has 0 heterocycles. The molecule has 1 atom stereocenters. The fraction of sp³-hybridized carbons (Fsp3) is 0.538. The van der Waals surface area contributed by atoms with Gasteiger partial charge >= 0.3 is 0 Å². The summed E-state index contributed by atoms with van der Waals surface area (Å²) < 4.78 is 23.8. The predicted octanol–water partition coefficient (Wildman–Crippen LogP) is 1.66. The van der Waals surface area contributed by atoms with Crippen LogP contribution in [0.4, 0.5) is 5.69 Å². The number of hydrogen-bond acceptors (Lipinski definition) is 4. The third-order valence-electron chi connectivity index (χ3n) is 3.27. The quantitative estimate of drug-likeness (QED) is 0.824. The maximum atomic E-state index is 11.9. The van der Waals surface area contributed by atoms with Crippen LogP contribution in [-0.2, 0) is 9.84 Å². The summed E-state index contributed by atoms with van der Waals surface area (Å²) in [5.74, 6) is 0.462. The van der Waals surface area contributed by atoms with Gasteiger partial charge in [-0.25, -0.2) is 8.42 Å². The number of nitrogens with one attached hydrogen (secondary N) is 1. The Morgan fingerprint density at radius 2 is 2.06 bits per heavy atom. The number of benzene rings is 1. The van der Waals surface area contributed by atoms with E-state index in [0.717, 1.165) is 12.8 Å². The van der Waals surface area contributed by atoms with Gasteiger partial charge in [-0.1, -0.05) is 19.1 Å². The lowest BCUT2D eigenvalue weighted by molar-refractivity contribution is 0.164. The van der Waals surface area contributed by atoms with Crippen LogP contribution in [0.3, 0.4) is 0 Å². The maximum absolute atomic E-state index is 11.9. The van der Waals surface area contributed by atoms with Gasteiger partial charge in [-0.3, -0.25) is 0 Å². The SMILES string of the molecule is CCS(=O)(=O)c1ccccc1NCC(O)C1CC1. The summed E-state index contributed by atoms with van der Waals surface area (Å²) in [4.78, 5) is 0.315. The van der Waals surface area contributed by atoms with E-state index in [1.54, 1.807) is 31.2 Å². The minimum atomic E-state index is -3.23. The Hall–Kier alpha value is -1.07. The molecule has 0 aliphatic heterocycles. The molecule has 2 rings (SSSR count). The molecule has 1 fully saturated rings. The Kier molecular flexibility index (Phi) is 3.92. The highest BCUT2D eigenvalue weighted by Crippen LogP contribution is 2.33. The van der Waals surface area contributed by atoms with Crippen LogP contribution in [0.5, 0.6) is 0 Å². The normalized spacial score (nSPS) is 17.4. The smallest absolute Gasteiger partial charge is 0.180 e. The Labute approximate surface area is 108 Å². The van der Waals surface area contributed by atoms with Gasteiger partial charge in [0.1, 0.15) is 0 Å². The number of sulfone groups is 1. The zero-order valence-corrected chi connectivity index (χ0v) is 11.3. The van der Waals surface area contributed by atoms with Crippen molar-refractivity contribution in [1.82, 2.24) is 0 Å². The van der Waals surface area contributed by atoms with Crippen LogP contribution in [-0.4, -0.2) is 31.9 Å². The van der Waals surface area contributed by atoms with Crippen molar-refractivity contribution < 1.29 is 13.5 Å². The van der Waals surface area contributed by atoms with Gasteiger partial charge < -0.3 is 10.4 Å². The van der Waals surface area contributed by atoms with E-state index in [0.29, 0.717) is 23.0 Å². The molecule has 0 saturated heterocycles. The summed E-state index contributed by atoms with van der Waals surface area (Å²) in [6.07, 6.45) is 1.75. The van der Waals surface area contributed by atoms with E-state index in [1.165, 1.54) is 0 Å². The largest absolute Gasteiger partial charge is 0.391 e. The molecule has 4 nitrogen and oxygen atoms in total. The molecule has 0 radical (unpaired) electrons. The lowest BCUT2D eigenvalue weighted by Crippen LogP contribution is -2.22. The van der Waals surface area contributed by atoms with Crippen LogP contribution in [0, 0.1) is 5.92 Å². The van der Waals surface area contributed by atoms with Crippen molar-refractivity contribution in [3.8, 4) is 0 Å². The molecule has 0 aromatic heterocycles. The second-order valence-electron chi connectivity index (χ2n) is 4.69. The van der Waals surface area contributed by atoms with Crippen molar-refractivity contribution in [2.75, 3.05) is 17.6 Å². The molecule has 1 aliphatic carbocycles. The predicted molar refractivity (Wildman–Crippen MR) is 71.4 cm³/mol. The van der Waals surface area contributed by atoms with Gasteiger partial charge in [0.25, 0.3) is 0 Å². The molecule has 0 spiro atoms. The highest BCUT2D eigenvalue weighted by atomic mass is 32.2. The Morgan fingerprint density at radius 3 is 2.67 bits per heavy atom. The third-order valence-corrected chi connectivity index (χ3v) is 5.06. The number of hydrogen-bond donors (Lipinski definition) is 2. The second-order valence-corrected chi connectivity index (χ2v) is 6.93. The molecule has 1 aromatic rings. The molecule has 100 valence electrons. The average Bonchev–Trinajstić information content (AvgIpc) is 3.20. The van der Waals surface area contributed by atoms with Crippen molar-refractivity contribution in [3.05, 3.63) is 24.3 Å². The van der Waals surface area contributed by atoms with Crippen molar-refractivity contribution in [2.45, 2.75) is 30.8 Å². The molecular formula is C13H19NO3S. The van der Waals surface area contributed by atoms with Crippen LogP contribution < -0.4 is 5.32 Å². The number of anilines is 1. The van der Waals surface area contributed by atoms with E-state index in [9.17, 15) is 13.5 Å². The van der Waals surface area contributed by atoms with Crippen LogP contribution in [0.2, 0.25) is 0 Å². The number of para-hydroxylation sites is 1. The fourth-order valence-corrected chi connectivity index (χ4v) is 2.97. The average molecular weight is 269 g/mol. The highest BCUT2D eigenvalue weighted by molar-refractivity contribution is 7.91. The van der Waals surface area contributed by atoms with E-state index in [2.05, 4.69) is 5.32 Å². The van der Waals surface area contributed by atoms with Gasteiger partial charge in [0.2, 0.25) is 0 Å². The van der Waals surface area contributed by atoms with Crippen molar-refractivity contribution in [2.24, 2.45) is 5.92 Å². The van der Waals surface area contributed by atoms with Crippen LogP contribution in [0.15, 0.2) is 29.2 Å². The number of aliphatic hydroxyl groups excluding tert-OH is 1. The summed E-state index contributed by atoms with van der Waals surface area (Å²) in [7, 11) is -3.23. The highest BCUT2D eigenvalue weighted by Gasteiger charge is 2.29. The second kappa shape index (κ2) is 5.28. The number of rotatable bonds is 6. The van der Waals surface area contributed by atoms with Gasteiger partial charge in [-0.05, 0) is 30.9 Å². The lowest BCUT2D eigenvalue weighted by Gasteiger charge is -2.14. The van der Waals surface area contributed by atoms with E-state index < -0.39 is 9.84 Å². The summed E-state index contributed by atoms with van der Waals surface area (Å²) in [5, 5.41) is 12.8. The molecule has 5 heteroatoms. The molecule has 18 heavy (non-hydrogen) atoms. The third kappa shape index (κ3) is 3.03. The Balaban J connectivity index is 2.12. The first-order valence-electron chi connectivity index (χ1n) is 6.28.